The zero-order valence-corrected chi connectivity index (χ0v) is 22.9. The first-order chi connectivity index (χ1) is 20.5. The van der Waals surface area contributed by atoms with Crippen molar-refractivity contribution in [3.8, 4) is 23.0 Å². The number of hydrogen-bond acceptors (Lipinski definition) is 8. The molecule has 0 heterocycles. The average Bonchev–Trinajstić information content (AvgIpc) is 3.53. The van der Waals surface area contributed by atoms with Crippen LogP contribution in [0.25, 0.3) is 0 Å². The number of benzene rings is 3. The van der Waals surface area contributed by atoms with Crippen molar-refractivity contribution in [3.63, 3.8) is 0 Å². The predicted molar refractivity (Wildman–Crippen MR) is 154 cm³/mol. The number of carbonyl (C=O) groups excluding carboxylic acids is 3. The fourth-order valence-corrected chi connectivity index (χ4v) is 6.70. The van der Waals surface area contributed by atoms with Crippen LogP contribution in [-0.4, -0.2) is 56.2 Å². The normalized spacial score (nSPS) is 24.7. The molecule has 0 saturated carbocycles. The third-order valence-electron chi connectivity index (χ3n) is 8.77. The molecule has 43 heavy (non-hydrogen) atoms. The van der Waals surface area contributed by atoms with Crippen LogP contribution in [0.1, 0.15) is 28.2 Å². The number of nitrogens with one attached hydrogen (secondary N) is 2. The van der Waals surface area contributed by atoms with E-state index in [1.54, 1.807) is 48.5 Å². The van der Waals surface area contributed by atoms with Gasteiger partial charge in [0.1, 0.15) is 11.5 Å². The second-order valence-corrected chi connectivity index (χ2v) is 11.2. The molecule has 0 bridgehead atoms. The smallest absolute Gasteiger partial charge is 0.247 e. The molecule has 2 amide bonds. The Morgan fingerprint density at radius 1 is 0.791 bits per heavy atom. The summed E-state index contributed by atoms with van der Waals surface area (Å²) in [5.74, 6) is -4.51. The van der Waals surface area contributed by atoms with Crippen LogP contribution >= 0.6 is 0 Å². The van der Waals surface area contributed by atoms with Gasteiger partial charge in [0.25, 0.3) is 0 Å². The van der Waals surface area contributed by atoms with Crippen LogP contribution in [0.2, 0.25) is 0 Å². The molecule has 220 valence electrons. The second kappa shape index (κ2) is 10.3. The maximum atomic E-state index is 13.9. The van der Waals surface area contributed by atoms with E-state index in [2.05, 4.69) is 10.6 Å². The minimum Gasteiger partial charge on any atom is -0.508 e. The van der Waals surface area contributed by atoms with Crippen LogP contribution in [0.3, 0.4) is 0 Å². The van der Waals surface area contributed by atoms with Gasteiger partial charge in [0.2, 0.25) is 11.8 Å². The van der Waals surface area contributed by atoms with E-state index >= 15 is 0 Å². The van der Waals surface area contributed by atoms with Crippen molar-refractivity contribution in [1.29, 1.82) is 0 Å². The Bertz CT molecular complexity index is 1690. The number of carbonyl (C=O) groups is 3. The summed E-state index contributed by atoms with van der Waals surface area (Å²) in [6.45, 7) is 0.431. The molecule has 4 atom stereocenters. The van der Waals surface area contributed by atoms with Crippen molar-refractivity contribution < 1.29 is 39.9 Å². The van der Waals surface area contributed by atoms with E-state index in [1.807, 2.05) is 0 Å². The lowest BCUT2D eigenvalue weighted by Crippen LogP contribution is -2.44. The van der Waals surface area contributed by atoms with E-state index in [-0.39, 0.29) is 41.3 Å². The molecule has 0 aromatic heterocycles. The van der Waals surface area contributed by atoms with Crippen molar-refractivity contribution >= 4 is 17.6 Å². The number of fused-ring (bicyclic) bond motifs is 3. The summed E-state index contributed by atoms with van der Waals surface area (Å²) in [6.07, 6.45) is 5.10. The predicted octanol–water partition coefficient (Wildman–Crippen LogP) is 2.19. The molecule has 10 heteroatoms. The third kappa shape index (κ3) is 4.42. The molecule has 10 nitrogen and oxygen atoms in total. The highest BCUT2D eigenvalue weighted by molar-refractivity contribution is 6.08. The van der Waals surface area contributed by atoms with Crippen LogP contribution in [-0.2, 0) is 32.8 Å². The molecule has 6 rings (SSSR count). The Morgan fingerprint density at radius 3 is 1.95 bits per heavy atom. The largest absolute Gasteiger partial charge is 0.508 e. The Hall–Kier alpha value is -5.09. The fourth-order valence-electron chi connectivity index (χ4n) is 6.70. The molecule has 3 aromatic carbocycles. The Balaban J connectivity index is 1.32. The lowest BCUT2D eigenvalue weighted by Gasteiger charge is -2.34. The zero-order valence-electron chi connectivity index (χ0n) is 22.9. The number of aromatic hydroxyl groups is 4. The molecule has 7 N–H and O–H groups in total. The van der Waals surface area contributed by atoms with Gasteiger partial charge < -0.3 is 36.2 Å². The van der Waals surface area contributed by atoms with Gasteiger partial charge in [0.15, 0.2) is 22.9 Å². The monoisotopic (exact) mass is 582 g/mol. The molecule has 0 fully saturated rings. The lowest BCUT2D eigenvalue weighted by atomic mass is 9.69. The molecule has 3 aliphatic carbocycles. The lowest BCUT2D eigenvalue weighted by molar-refractivity contribution is -0.139. The van der Waals surface area contributed by atoms with E-state index in [4.69, 9.17) is 0 Å². The minimum atomic E-state index is -2.18. The molecule has 3 aliphatic rings. The summed E-state index contributed by atoms with van der Waals surface area (Å²) in [4.78, 5) is 40.8. The van der Waals surface area contributed by atoms with Crippen molar-refractivity contribution in [3.05, 3.63) is 107 Å². The maximum absolute atomic E-state index is 13.9. The molecule has 0 radical (unpaired) electrons. The fraction of sp³-hybridized carbons (Fsp3) is 0.242. The van der Waals surface area contributed by atoms with Crippen molar-refractivity contribution in [2.45, 2.75) is 24.4 Å². The Kier molecular flexibility index (Phi) is 6.73. The van der Waals surface area contributed by atoms with E-state index in [9.17, 15) is 39.9 Å². The maximum Gasteiger partial charge on any atom is 0.247 e. The number of hydrogen-bond donors (Lipinski definition) is 7. The van der Waals surface area contributed by atoms with E-state index in [0.29, 0.717) is 12.8 Å². The van der Waals surface area contributed by atoms with E-state index < -0.39 is 51.9 Å². The van der Waals surface area contributed by atoms with Gasteiger partial charge in [-0.3, -0.25) is 14.4 Å². The molecule has 0 saturated heterocycles. The minimum absolute atomic E-state index is 0.0766. The van der Waals surface area contributed by atoms with Gasteiger partial charge in [-0.2, -0.15) is 0 Å². The summed E-state index contributed by atoms with van der Waals surface area (Å²) < 4.78 is 0. The SMILES string of the molecule is O=C(NCCc1ccc(O)cc1)C1=C[C@]23C=CC(=O)[C@@]2(O)c2cc(O)c(O)cc2[C@@H]3[C@H]1C(=O)NCCc1ccc(O)cc1. The van der Waals surface area contributed by atoms with E-state index in [0.717, 1.165) is 17.2 Å². The quantitative estimate of drug-likeness (QED) is 0.198. The molecule has 0 unspecified atom stereocenters. The summed E-state index contributed by atoms with van der Waals surface area (Å²) in [6, 6.07) is 15.5. The van der Waals surface area contributed by atoms with E-state index in [1.165, 1.54) is 24.3 Å². The van der Waals surface area contributed by atoms with Crippen LogP contribution in [0, 0.1) is 11.3 Å². The van der Waals surface area contributed by atoms with Gasteiger partial charge in [-0.25, -0.2) is 0 Å². The number of aliphatic hydroxyl groups is 1. The number of phenolic OH excluding ortho intramolecular Hbond substituents is 4. The Labute approximate surface area is 246 Å². The van der Waals surface area contributed by atoms with Gasteiger partial charge in [-0.1, -0.05) is 36.4 Å². The molecule has 1 spiro atoms. The van der Waals surface area contributed by atoms with Crippen LogP contribution in [0.15, 0.2) is 84.5 Å². The highest BCUT2D eigenvalue weighted by Gasteiger charge is 2.71. The Morgan fingerprint density at radius 2 is 1.35 bits per heavy atom. The van der Waals surface area contributed by atoms with Gasteiger partial charge in [0, 0.05) is 30.1 Å². The number of phenols is 4. The van der Waals surface area contributed by atoms with Gasteiger partial charge in [-0.15, -0.1) is 0 Å². The average molecular weight is 583 g/mol. The van der Waals surface area contributed by atoms with Crippen LogP contribution < -0.4 is 10.6 Å². The van der Waals surface area contributed by atoms with Gasteiger partial charge >= 0.3 is 0 Å². The first-order valence-electron chi connectivity index (χ1n) is 13.9. The summed E-state index contributed by atoms with van der Waals surface area (Å²) >= 11 is 0. The number of rotatable bonds is 8. The summed E-state index contributed by atoms with van der Waals surface area (Å²) in [5, 5.41) is 57.4. The molecule has 0 aliphatic heterocycles. The first-order valence-corrected chi connectivity index (χ1v) is 13.9. The standard InChI is InChI=1S/C33H30N2O8/c36-20-5-1-18(2-6-20)10-13-34-30(41)23-17-32-12-9-27(40)33(32,43)24-16-26(39)25(38)15-22(24)29(32)28(23)31(42)35-14-11-19-3-7-21(37)8-4-19/h1-9,12,15-17,28-29,36-39,43H,10-11,13-14H2,(H,34,41)(H,35,42)/t28-,29+,32-,33-/m0/s1. The number of ketones is 1. The zero-order chi connectivity index (χ0) is 30.5. The summed E-state index contributed by atoms with van der Waals surface area (Å²) in [5.41, 5.74) is -1.49. The highest BCUT2D eigenvalue weighted by atomic mass is 16.3. The van der Waals surface area contributed by atoms with Crippen molar-refractivity contribution in [2.75, 3.05) is 13.1 Å². The first kappa shape index (κ1) is 28.0. The molecular formula is C33H30N2O8. The third-order valence-corrected chi connectivity index (χ3v) is 8.77. The number of amides is 2. The van der Waals surface area contributed by atoms with Crippen LogP contribution in [0.5, 0.6) is 23.0 Å². The van der Waals surface area contributed by atoms with Crippen molar-refractivity contribution in [2.24, 2.45) is 11.3 Å². The second-order valence-electron chi connectivity index (χ2n) is 11.2. The van der Waals surface area contributed by atoms with Gasteiger partial charge in [0.05, 0.1) is 11.3 Å². The molecular weight excluding hydrogens is 552 g/mol. The van der Waals surface area contributed by atoms with Crippen LogP contribution in [0.4, 0.5) is 0 Å². The topological polar surface area (TPSA) is 176 Å². The summed E-state index contributed by atoms with van der Waals surface area (Å²) in [7, 11) is 0. The van der Waals surface area contributed by atoms with Gasteiger partial charge in [-0.05, 0) is 72.0 Å². The molecule has 3 aromatic rings. The van der Waals surface area contributed by atoms with Crippen molar-refractivity contribution in [1.82, 2.24) is 10.6 Å². The highest BCUT2D eigenvalue weighted by Crippen LogP contribution is 2.69.